The Hall–Kier alpha value is -0.860. The molecule has 1 rings (SSSR count). The lowest BCUT2D eigenvalue weighted by molar-refractivity contribution is 0.242. The lowest BCUT2D eigenvalue weighted by Crippen LogP contribution is -2.37. The highest BCUT2D eigenvalue weighted by molar-refractivity contribution is 5.33. The molecule has 0 radical (unpaired) electrons. The second kappa shape index (κ2) is 5.19. The molecule has 0 saturated carbocycles. The molecular formula is C15H26N2. The summed E-state index contributed by atoms with van der Waals surface area (Å²) in [5.74, 6) is 0. The maximum atomic E-state index is 6.17. The van der Waals surface area contributed by atoms with Gasteiger partial charge in [0.15, 0.2) is 0 Å². The molecule has 0 heterocycles. The third kappa shape index (κ3) is 4.14. The van der Waals surface area contributed by atoms with Crippen molar-refractivity contribution >= 4 is 0 Å². The maximum absolute atomic E-state index is 6.17. The summed E-state index contributed by atoms with van der Waals surface area (Å²) in [6, 6.07) is 7.03. The molecule has 0 bridgehead atoms. The van der Waals surface area contributed by atoms with Gasteiger partial charge in [0, 0.05) is 11.6 Å². The predicted octanol–water partition coefficient (Wildman–Crippen LogP) is 3.03. The molecule has 0 aromatic heterocycles. The van der Waals surface area contributed by atoms with Crippen LogP contribution in [0.2, 0.25) is 0 Å². The van der Waals surface area contributed by atoms with Crippen molar-refractivity contribution in [2.45, 2.75) is 45.7 Å². The molecule has 1 aromatic rings. The Morgan fingerprint density at radius 3 is 2.29 bits per heavy atom. The van der Waals surface area contributed by atoms with E-state index in [0.29, 0.717) is 6.04 Å². The number of aryl methyl sites for hydroxylation is 2. The van der Waals surface area contributed by atoms with Crippen molar-refractivity contribution in [2.75, 3.05) is 14.1 Å². The normalized spacial score (nSPS) is 14.1. The second-order valence-electron chi connectivity index (χ2n) is 6.03. The van der Waals surface area contributed by atoms with Crippen LogP contribution >= 0.6 is 0 Å². The van der Waals surface area contributed by atoms with Gasteiger partial charge >= 0.3 is 0 Å². The highest BCUT2D eigenvalue weighted by Crippen LogP contribution is 2.29. The zero-order valence-electron chi connectivity index (χ0n) is 12.0. The Bertz CT molecular complexity index is 375. The van der Waals surface area contributed by atoms with Crippen molar-refractivity contribution in [3.63, 3.8) is 0 Å². The molecular weight excluding hydrogens is 208 g/mol. The van der Waals surface area contributed by atoms with Crippen LogP contribution in [-0.2, 0) is 0 Å². The van der Waals surface area contributed by atoms with Gasteiger partial charge in [-0.3, -0.25) is 0 Å². The van der Waals surface area contributed by atoms with Gasteiger partial charge in [0.25, 0.3) is 0 Å². The van der Waals surface area contributed by atoms with Crippen LogP contribution < -0.4 is 5.73 Å². The minimum atomic E-state index is -0.148. The number of benzene rings is 1. The van der Waals surface area contributed by atoms with Gasteiger partial charge in [-0.1, -0.05) is 23.8 Å². The summed E-state index contributed by atoms with van der Waals surface area (Å²) in [4.78, 5) is 2.26. The van der Waals surface area contributed by atoms with Gasteiger partial charge in [0.1, 0.15) is 0 Å². The third-order valence-electron chi connectivity index (χ3n) is 3.14. The lowest BCUT2D eigenvalue weighted by atomic mass is 9.88. The fourth-order valence-electron chi connectivity index (χ4n) is 2.19. The van der Waals surface area contributed by atoms with Crippen LogP contribution in [0.3, 0.4) is 0 Å². The third-order valence-corrected chi connectivity index (χ3v) is 3.14. The zero-order chi connectivity index (χ0) is 13.2. The standard InChI is InChI=1S/C15H26N2/c1-11-7-8-12(2)13(9-11)14(17(5)6)10-15(3,4)16/h7-9,14H,10,16H2,1-6H3. The molecule has 0 spiro atoms. The lowest BCUT2D eigenvalue weighted by Gasteiger charge is -2.32. The largest absolute Gasteiger partial charge is 0.325 e. The van der Waals surface area contributed by atoms with E-state index >= 15 is 0 Å². The summed E-state index contributed by atoms with van der Waals surface area (Å²) < 4.78 is 0. The SMILES string of the molecule is Cc1ccc(C)c(C(CC(C)(C)N)N(C)C)c1. The van der Waals surface area contributed by atoms with E-state index in [0.717, 1.165) is 6.42 Å². The summed E-state index contributed by atoms with van der Waals surface area (Å²) in [6.07, 6.45) is 0.963. The van der Waals surface area contributed by atoms with Gasteiger partial charge < -0.3 is 10.6 Å². The molecule has 2 nitrogen and oxygen atoms in total. The van der Waals surface area contributed by atoms with Crippen LogP contribution in [0.4, 0.5) is 0 Å². The molecule has 0 amide bonds. The molecule has 0 aliphatic heterocycles. The van der Waals surface area contributed by atoms with Crippen LogP contribution in [-0.4, -0.2) is 24.5 Å². The summed E-state index contributed by atoms with van der Waals surface area (Å²) in [5, 5.41) is 0. The van der Waals surface area contributed by atoms with Gasteiger partial charge in [-0.05, 0) is 59.3 Å². The van der Waals surface area contributed by atoms with E-state index in [1.165, 1.54) is 16.7 Å². The zero-order valence-corrected chi connectivity index (χ0v) is 12.0. The van der Waals surface area contributed by atoms with E-state index in [9.17, 15) is 0 Å². The first kappa shape index (κ1) is 14.2. The Balaban J connectivity index is 3.10. The number of hydrogen-bond donors (Lipinski definition) is 1. The van der Waals surface area contributed by atoms with Crippen LogP contribution in [0.15, 0.2) is 18.2 Å². The van der Waals surface area contributed by atoms with Crippen molar-refractivity contribution in [2.24, 2.45) is 5.73 Å². The molecule has 0 fully saturated rings. The van der Waals surface area contributed by atoms with Crippen molar-refractivity contribution in [1.29, 1.82) is 0 Å². The number of nitrogens with zero attached hydrogens (tertiary/aromatic N) is 1. The Morgan fingerprint density at radius 1 is 1.24 bits per heavy atom. The first-order chi connectivity index (χ1) is 7.70. The topological polar surface area (TPSA) is 29.3 Å². The first-order valence-corrected chi connectivity index (χ1v) is 6.23. The second-order valence-corrected chi connectivity index (χ2v) is 6.03. The molecule has 0 aliphatic rings. The van der Waals surface area contributed by atoms with Gasteiger partial charge in [-0.15, -0.1) is 0 Å². The smallest absolute Gasteiger partial charge is 0.0362 e. The summed E-state index contributed by atoms with van der Waals surface area (Å²) in [5.41, 5.74) is 10.1. The van der Waals surface area contributed by atoms with Gasteiger partial charge in [-0.2, -0.15) is 0 Å². The molecule has 0 saturated heterocycles. The van der Waals surface area contributed by atoms with Crippen molar-refractivity contribution in [3.05, 3.63) is 34.9 Å². The minimum Gasteiger partial charge on any atom is -0.325 e. The van der Waals surface area contributed by atoms with Crippen molar-refractivity contribution in [3.8, 4) is 0 Å². The quantitative estimate of drug-likeness (QED) is 0.867. The van der Waals surface area contributed by atoms with Crippen molar-refractivity contribution < 1.29 is 0 Å². The summed E-state index contributed by atoms with van der Waals surface area (Å²) in [6.45, 7) is 8.50. The molecule has 2 N–H and O–H groups in total. The van der Waals surface area contributed by atoms with E-state index in [1.807, 2.05) is 0 Å². The van der Waals surface area contributed by atoms with Gasteiger partial charge in [0.05, 0.1) is 0 Å². The van der Waals surface area contributed by atoms with Crippen LogP contribution in [0, 0.1) is 13.8 Å². The van der Waals surface area contributed by atoms with Crippen LogP contribution in [0.25, 0.3) is 0 Å². The van der Waals surface area contributed by atoms with E-state index in [2.05, 4.69) is 64.9 Å². The van der Waals surface area contributed by atoms with Crippen LogP contribution in [0.1, 0.15) is 43.0 Å². The number of nitrogens with two attached hydrogens (primary N) is 1. The average molecular weight is 234 g/mol. The monoisotopic (exact) mass is 234 g/mol. The Kier molecular flexibility index (Phi) is 4.34. The fraction of sp³-hybridized carbons (Fsp3) is 0.600. The molecule has 1 atom stereocenters. The fourth-order valence-corrected chi connectivity index (χ4v) is 2.19. The summed E-state index contributed by atoms with van der Waals surface area (Å²) >= 11 is 0. The van der Waals surface area contributed by atoms with Crippen LogP contribution in [0.5, 0.6) is 0 Å². The van der Waals surface area contributed by atoms with E-state index < -0.39 is 0 Å². The molecule has 2 heteroatoms. The van der Waals surface area contributed by atoms with Gasteiger partial charge in [0.2, 0.25) is 0 Å². The molecule has 17 heavy (non-hydrogen) atoms. The van der Waals surface area contributed by atoms with Crippen molar-refractivity contribution in [1.82, 2.24) is 4.90 Å². The first-order valence-electron chi connectivity index (χ1n) is 6.23. The minimum absolute atomic E-state index is 0.148. The number of rotatable bonds is 4. The molecule has 1 unspecified atom stereocenters. The Labute approximate surface area is 106 Å². The average Bonchev–Trinajstić information content (AvgIpc) is 2.17. The van der Waals surface area contributed by atoms with E-state index in [1.54, 1.807) is 0 Å². The highest BCUT2D eigenvalue weighted by Gasteiger charge is 2.23. The summed E-state index contributed by atoms with van der Waals surface area (Å²) in [7, 11) is 4.25. The van der Waals surface area contributed by atoms with Gasteiger partial charge in [-0.25, -0.2) is 0 Å². The molecule has 0 aliphatic carbocycles. The highest BCUT2D eigenvalue weighted by atomic mass is 15.1. The molecule has 1 aromatic carbocycles. The maximum Gasteiger partial charge on any atom is 0.0362 e. The number of hydrogen-bond acceptors (Lipinski definition) is 2. The predicted molar refractivity (Wildman–Crippen MR) is 75.2 cm³/mol. The molecule has 96 valence electrons. The van der Waals surface area contributed by atoms with E-state index in [-0.39, 0.29) is 5.54 Å². The Morgan fingerprint density at radius 2 is 1.82 bits per heavy atom. The van der Waals surface area contributed by atoms with E-state index in [4.69, 9.17) is 5.73 Å².